The van der Waals surface area contributed by atoms with Crippen molar-refractivity contribution in [1.82, 2.24) is 4.98 Å². The number of methoxy groups -OCH3 is 1. The number of aryl methyl sites for hydroxylation is 1. The molecule has 1 aromatic rings. The van der Waals surface area contributed by atoms with E-state index in [-0.39, 0.29) is 12.1 Å². The molecule has 2 atom stereocenters. The Morgan fingerprint density at radius 3 is 3.05 bits per heavy atom. The van der Waals surface area contributed by atoms with Gasteiger partial charge in [-0.1, -0.05) is 6.07 Å². The van der Waals surface area contributed by atoms with Crippen molar-refractivity contribution in [2.75, 3.05) is 13.7 Å². The monoisotopic (exact) mass is 327 g/mol. The third kappa shape index (κ3) is 3.76. The molecule has 0 amide bonds. The second kappa shape index (κ2) is 6.48. The van der Waals surface area contributed by atoms with Gasteiger partial charge in [0.1, 0.15) is 4.60 Å². The molecule has 0 spiro atoms. The van der Waals surface area contributed by atoms with E-state index in [1.807, 2.05) is 19.1 Å². The smallest absolute Gasteiger partial charge is 0.305 e. The Morgan fingerprint density at radius 1 is 1.58 bits per heavy atom. The summed E-state index contributed by atoms with van der Waals surface area (Å²) in [5.41, 5.74) is 2.08. The van der Waals surface area contributed by atoms with Crippen molar-refractivity contribution in [2.24, 2.45) is 5.92 Å². The summed E-state index contributed by atoms with van der Waals surface area (Å²) in [6, 6.07) is 3.97. The van der Waals surface area contributed by atoms with E-state index in [0.29, 0.717) is 18.9 Å². The van der Waals surface area contributed by atoms with Crippen molar-refractivity contribution in [2.45, 2.75) is 32.3 Å². The molecule has 0 aliphatic carbocycles. The van der Waals surface area contributed by atoms with E-state index in [1.54, 1.807) is 0 Å². The predicted molar refractivity (Wildman–Crippen MR) is 74.7 cm³/mol. The normalized spacial score (nSPS) is 23.1. The molecule has 104 valence electrons. The molecule has 1 aromatic heterocycles. The largest absolute Gasteiger partial charge is 0.469 e. The standard InChI is InChI=1S/C14H18BrNO3/c1-9-11(3-4-13(15)16-9)12-7-10(5-6-19-12)8-14(17)18-2/h3-4,10,12H,5-8H2,1-2H3. The second-order valence-electron chi connectivity index (χ2n) is 4.84. The SMILES string of the molecule is COC(=O)CC1CCOC(c2ccc(Br)nc2C)C1. The first-order valence-corrected chi connectivity index (χ1v) is 7.21. The fourth-order valence-corrected chi connectivity index (χ4v) is 2.87. The van der Waals surface area contributed by atoms with Crippen LogP contribution in [0.25, 0.3) is 0 Å². The molecule has 2 heterocycles. The average Bonchev–Trinajstić information content (AvgIpc) is 2.39. The topological polar surface area (TPSA) is 48.4 Å². The number of carbonyl (C=O) groups is 1. The number of pyridine rings is 1. The van der Waals surface area contributed by atoms with Crippen molar-refractivity contribution in [3.63, 3.8) is 0 Å². The molecule has 4 nitrogen and oxygen atoms in total. The maximum atomic E-state index is 11.4. The number of aromatic nitrogens is 1. The molecule has 19 heavy (non-hydrogen) atoms. The summed E-state index contributed by atoms with van der Waals surface area (Å²) in [6.07, 6.45) is 2.26. The van der Waals surface area contributed by atoms with E-state index in [2.05, 4.69) is 20.9 Å². The molecular formula is C14H18BrNO3. The maximum Gasteiger partial charge on any atom is 0.305 e. The predicted octanol–water partition coefficient (Wildman–Crippen LogP) is 3.18. The molecule has 2 unspecified atom stereocenters. The van der Waals surface area contributed by atoms with Crippen LogP contribution in [0.3, 0.4) is 0 Å². The van der Waals surface area contributed by atoms with Crippen LogP contribution in [0.4, 0.5) is 0 Å². The summed E-state index contributed by atoms with van der Waals surface area (Å²) in [7, 11) is 1.43. The van der Waals surface area contributed by atoms with Crippen molar-refractivity contribution in [3.8, 4) is 0 Å². The molecular weight excluding hydrogens is 310 g/mol. The lowest BCUT2D eigenvalue weighted by Gasteiger charge is -2.29. The van der Waals surface area contributed by atoms with Gasteiger partial charge in [-0.25, -0.2) is 4.98 Å². The highest BCUT2D eigenvalue weighted by atomic mass is 79.9. The number of hydrogen-bond donors (Lipinski definition) is 0. The Labute approximate surface area is 121 Å². The Bertz CT molecular complexity index is 464. The van der Waals surface area contributed by atoms with Gasteiger partial charge in [-0.2, -0.15) is 0 Å². The third-order valence-electron chi connectivity index (χ3n) is 3.52. The van der Waals surface area contributed by atoms with E-state index >= 15 is 0 Å². The number of carbonyl (C=O) groups excluding carboxylic acids is 1. The first-order chi connectivity index (χ1) is 9.10. The Hall–Kier alpha value is -0.940. The summed E-state index contributed by atoms with van der Waals surface area (Å²) >= 11 is 3.36. The van der Waals surface area contributed by atoms with Crippen LogP contribution in [0.2, 0.25) is 0 Å². The van der Waals surface area contributed by atoms with Gasteiger partial charge in [0.05, 0.1) is 13.2 Å². The van der Waals surface area contributed by atoms with Crippen molar-refractivity contribution in [3.05, 3.63) is 28.0 Å². The van der Waals surface area contributed by atoms with Gasteiger partial charge in [0.15, 0.2) is 0 Å². The zero-order chi connectivity index (χ0) is 13.8. The lowest BCUT2D eigenvalue weighted by Crippen LogP contribution is -2.23. The zero-order valence-electron chi connectivity index (χ0n) is 11.2. The molecule has 5 heteroatoms. The molecule has 0 N–H and O–H groups in total. The highest BCUT2D eigenvalue weighted by molar-refractivity contribution is 9.10. The third-order valence-corrected chi connectivity index (χ3v) is 3.96. The van der Waals surface area contributed by atoms with Crippen LogP contribution in [0.5, 0.6) is 0 Å². The van der Waals surface area contributed by atoms with Crippen LogP contribution < -0.4 is 0 Å². The molecule has 1 aliphatic heterocycles. The average molecular weight is 328 g/mol. The van der Waals surface area contributed by atoms with Crippen molar-refractivity contribution < 1.29 is 14.3 Å². The summed E-state index contributed by atoms with van der Waals surface area (Å²) in [5.74, 6) is 0.186. The molecule has 2 rings (SSSR count). The number of rotatable bonds is 3. The van der Waals surface area contributed by atoms with Crippen molar-refractivity contribution >= 4 is 21.9 Å². The number of hydrogen-bond acceptors (Lipinski definition) is 4. The lowest BCUT2D eigenvalue weighted by molar-refractivity contribution is -0.143. The first-order valence-electron chi connectivity index (χ1n) is 6.41. The molecule has 0 aromatic carbocycles. The van der Waals surface area contributed by atoms with Gasteiger partial charge in [-0.05, 0) is 47.7 Å². The number of ether oxygens (including phenoxy) is 2. The molecule has 0 bridgehead atoms. The highest BCUT2D eigenvalue weighted by Crippen LogP contribution is 2.34. The quantitative estimate of drug-likeness (QED) is 0.632. The van der Waals surface area contributed by atoms with Gasteiger partial charge in [-0.15, -0.1) is 0 Å². The second-order valence-corrected chi connectivity index (χ2v) is 5.65. The molecule has 0 radical (unpaired) electrons. The Balaban J connectivity index is 2.06. The minimum atomic E-state index is -0.142. The van der Waals surface area contributed by atoms with Gasteiger partial charge in [-0.3, -0.25) is 4.79 Å². The van der Waals surface area contributed by atoms with E-state index in [0.717, 1.165) is 28.7 Å². The Kier molecular flexibility index (Phi) is 4.93. The summed E-state index contributed by atoms with van der Waals surface area (Å²) < 4.78 is 11.4. The van der Waals surface area contributed by atoms with Gasteiger partial charge in [0.2, 0.25) is 0 Å². The van der Waals surface area contributed by atoms with E-state index in [9.17, 15) is 4.79 Å². The van der Waals surface area contributed by atoms with Gasteiger partial charge >= 0.3 is 5.97 Å². The Morgan fingerprint density at radius 2 is 2.37 bits per heavy atom. The summed E-state index contributed by atoms with van der Waals surface area (Å²) in [6.45, 7) is 2.66. The van der Waals surface area contributed by atoms with Crippen LogP contribution >= 0.6 is 15.9 Å². The van der Waals surface area contributed by atoms with E-state index < -0.39 is 0 Å². The maximum absolute atomic E-state index is 11.4. The fraction of sp³-hybridized carbons (Fsp3) is 0.571. The molecule has 1 fully saturated rings. The highest BCUT2D eigenvalue weighted by Gasteiger charge is 2.27. The van der Waals surface area contributed by atoms with Gasteiger partial charge < -0.3 is 9.47 Å². The van der Waals surface area contributed by atoms with Crippen molar-refractivity contribution in [1.29, 1.82) is 0 Å². The lowest BCUT2D eigenvalue weighted by atomic mass is 9.89. The minimum Gasteiger partial charge on any atom is -0.469 e. The minimum absolute atomic E-state index is 0.0315. The number of nitrogens with zero attached hydrogens (tertiary/aromatic N) is 1. The zero-order valence-corrected chi connectivity index (χ0v) is 12.8. The molecule has 0 saturated carbocycles. The summed E-state index contributed by atoms with van der Waals surface area (Å²) in [5, 5.41) is 0. The van der Waals surface area contributed by atoms with Gasteiger partial charge in [0.25, 0.3) is 0 Å². The number of esters is 1. The summed E-state index contributed by atoms with van der Waals surface area (Å²) in [4.78, 5) is 15.7. The molecule has 1 saturated heterocycles. The van der Waals surface area contributed by atoms with Crippen LogP contribution in [-0.4, -0.2) is 24.7 Å². The van der Waals surface area contributed by atoms with Gasteiger partial charge in [0, 0.05) is 24.3 Å². The van der Waals surface area contributed by atoms with E-state index in [1.165, 1.54) is 7.11 Å². The van der Waals surface area contributed by atoms with E-state index in [4.69, 9.17) is 9.47 Å². The fourth-order valence-electron chi connectivity index (χ4n) is 2.47. The first kappa shape index (κ1) is 14.5. The van der Waals surface area contributed by atoms with Crippen LogP contribution in [0.15, 0.2) is 16.7 Å². The van der Waals surface area contributed by atoms with Crippen LogP contribution in [-0.2, 0) is 14.3 Å². The van der Waals surface area contributed by atoms with Crippen LogP contribution in [0.1, 0.15) is 36.6 Å². The molecule has 1 aliphatic rings. The number of halogens is 1. The van der Waals surface area contributed by atoms with Crippen LogP contribution in [0, 0.1) is 12.8 Å².